The molecule has 0 fully saturated rings. The summed E-state index contributed by atoms with van der Waals surface area (Å²) in [7, 11) is 0. The maximum Gasteiger partial charge on any atom is 0.134 e. The Labute approximate surface area is 124 Å². The molecule has 4 heteroatoms. The van der Waals surface area contributed by atoms with Crippen LogP contribution in [0.1, 0.15) is 35.5 Å². The second-order valence-electron chi connectivity index (χ2n) is 4.76. The van der Waals surface area contributed by atoms with Crippen LogP contribution in [0.3, 0.4) is 0 Å². The van der Waals surface area contributed by atoms with Crippen LogP contribution in [0.15, 0.2) is 36.4 Å². The number of thiocarbonyl (C=S) groups is 1. The Morgan fingerprint density at radius 2 is 1.90 bits per heavy atom. The molecule has 2 rings (SSSR count). The van der Waals surface area contributed by atoms with Crippen LogP contribution in [-0.4, -0.2) is 9.97 Å². The first-order chi connectivity index (χ1) is 9.49. The van der Waals surface area contributed by atoms with E-state index in [0.717, 1.165) is 17.0 Å². The second kappa shape index (κ2) is 6.01. The fourth-order valence-corrected chi connectivity index (χ4v) is 2.42. The molecule has 1 unspecified atom stereocenters. The van der Waals surface area contributed by atoms with E-state index in [-0.39, 0.29) is 6.10 Å². The Hall–Kier alpha value is -1.94. The molecule has 20 heavy (non-hydrogen) atoms. The molecule has 0 bridgehead atoms. The fraction of sp³-hybridized carbons (Fsp3) is 0.250. The van der Waals surface area contributed by atoms with Crippen LogP contribution in [-0.2, 0) is 0 Å². The third-order valence-electron chi connectivity index (χ3n) is 3.11. The lowest BCUT2D eigenvalue weighted by molar-refractivity contribution is 0.226. The Kier molecular flexibility index (Phi) is 4.35. The number of pyridine rings is 1. The summed E-state index contributed by atoms with van der Waals surface area (Å²) < 4.78 is 6.05. The SMILES string of the molecule is Cc1cc(OC(C)c2ccccc2)c(C(N)=S)c(C)n1. The molecule has 2 N–H and O–H groups in total. The highest BCUT2D eigenvalue weighted by atomic mass is 32.1. The number of nitrogens with two attached hydrogens (primary N) is 1. The molecule has 0 radical (unpaired) electrons. The monoisotopic (exact) mass is 286 g/mol. The minimum absolute atomic E-state index is 0.0782. The van der Waals surface area contributed by atoms with Crippen LogP contribution < -0.4 is 10.5 Å². The van der Waals surface area contributed by atoms with Crippen molar-refractivity contribution in [2.45, 2.75) is 26.9 Å². The van der Waals surface area contributed by atoms with Crippen LogP contribution in [0.5, 0.6) is 5.75 Å². The summed E-state index contributed by atoms with van der Waals surface area (Å²) in [5, 5.41) is 0. The normalized spacial score (nSPS) is 11.9. The molecule has 0 amide bonds. The number of aryl methyl sites for hydroxylation is 2. The van der Waals surface area contributed by atoms with Crippen molar-refractivity contribution in [2.24, 2.45) is 5.73 Å². The molecular formula is C16H18N2OS. The molecule has 0 spiro atoms. The first-order valence-corrected chi connectivity index (χ1v) is 6.89. The maximum atomic E-state index is 6.05. The summed E-state index contributed by atoms with van der Waals surface area (Å²) in [6, 6.07) is 11.9. The number of rotatable bonds is 4. The smallest absolute Gasteiger partial charge is 0.134 e. The number of benzene rings is 1. The van der Waals surface area contributed by atoms with Crippen LogP contribution in [0.4, 0.5) is 0 Å². The van der Waals surface area contributed by atoms with Crippen LogP contribution in [0, 0.1) is 13.8 Å². The molecule has 0 aliphatic rings. The number of nitrogens with zero attached hydrogens (tertiary/aromatic N) is 1. The van der Waals surface area contributed by atoms with E-state index in [0.29, 0.717) is 16.3 Å². The van der Waals surface area contributed by atoms with E-state index in [4.69, 9.17) is 22.7 Å². The van der Waals surface area contributed by atoms with Gasteiger partial charge in [-0.05, 0) is 26.3 Å². The number of aromatic nitrogens is 1. The van der Waals surface area contributed by atoms with Crippen molar-refractivity contribution in [3.05, 3.63) is 58.9 Å². The standard InChI is InChI=1S/C16H18N2OS/c1-10-9-14(15(16(17)20)11(2)18-10)19-12(3)13-7-5-4-6-8-13/h4-9,12H,1-3H3,(H2,17,20). The molecule has 0 aliphatic heterocycles. The van der Waals surface area contributed by atoms with E-state index < -0.39 is 0 Å². The topological polar surface area (TPSA) is 48.1 Å². The van der Waals surface area contributed by atoms with Crippen LogP contribution >= 0.6 is 12.2 Å². The minimum Gasteiger partial charge on any atom is -0.485 e. The van der Waals surface area contributed by atoms with Crippen molar-refractivity contribution in [3.63, 3.8) is 0 Å². The highest BCUT2D eigenvalue weighted by Gasteiger charge is 2.15. The first-order valence-electron chi connectivity index (χ1n) is 6.48. The average Bonchev–Trinajstić information content (AvgIpc) is 2.38. The summed E-state index contributed by atoms with van der Waals surface area (Å²) in [6.45, 7) is 5.82. The van der Waals surface area contributed by atoms with Gasteiger partial charge in [-0.3, -0.25) is 4.98 Å². The van der Waals surface area contributed by atoms with Gasteiger partial charge in [0.2, 0.25) is 0 Å². The van der Waals surface area contributed by atoms with Gasteiger partial charge in [0.05, 0.1) is 11.3 Å². The highest BCUT2D eigenvalue weighted by Crippen LogP contribution is 2.27. The predicted molar refractivity (Wildman–Crippen MR) is 85.1 cm³/mol. The lowest BCUT2D eigenvalue weighted by atomic mass is 10.1. The molecule has 1 heterocycles. The number of hydrogen-bond donors (Lipinski definition) is 1. The largest absolute Gasteiger partial charge is 0.485 e. The predicted octanol–water partition coefficient (Wildman–Crippen LogP) is 3.47. The lowest BCUT2D eigenvalue weighted by Gasteiger charge is -2.19. The summed E-state index contributed by atoms with van der Waals surface area (Å²) in [6.07, 6.45) is -0.0782. The summed E-state index contributed by atoms with van der Waals surface area (Å²) in [5.74, 6) is 0.693. The van der Waals surface area contributed by atoms with Gasteiger partial charge in [-0.15, -0.1) is 0 Å². The van der Waals surface area contributed by atoms with Crippen molar-refractivity contribution in [1.29, 1.82) is 0 Å². The van der Waals surface area contributed by atoms with Crippen LogP contribution in [0.2, 0.25) is 0 Å². The zero-order chi connectivity index (χ0) is 14.7. The van der Waals surface area contributed by atoms with Gasteiger partial charge < -0.3 is 10.5 Å². The van der Waals surface area contributed by atoms with E-state index in [9.17, 15) is 0 Å². The Morgan fingerprint density at radius 1 is 1.25 bits per heavy atom. The summed E-state index contributed by atoms with van der Waals surface area (Å²) in [5.41, 5.74) is 9.30. The molecule has 3 nitrogen and oxygen atoms in total. The first kappa shape index (κ1) is 14.5. The molecule has 1 aromatic carbocycles. The molecule has 0 aliphatic carbocycles. The maximum absolute atomic E-state index is 6.05. The van der Waals surface area contributed by atoms with Gasteiger partial charge in [-0.25, -0.2) is 0 Å². The van der Waals surface area contributed by atoms with Crippen molar-refractivity contribution in [3.8, 4) is 5.75 Å². The third kappa shape index (κ3) is 3.14. The molecule has 1 atom stereocenters. The quantitative estimate of drug-likeness (QED) is 0.874. The minimum atomic E-state index is -0.0782. The number of hydrogen-bond acceptors (Lipinski definition) is 3. The molecule has 0 saturated heterocycles. The average molecular weight is 286 g/mol. The molecular weight excluding hydrogens is 268 g/mol. The van der Waals surface area contributed by atoms with Crippen molar-refractivity contribution >= 4 is 17.2 Å². The van der Waals surface area contributed by atoms with Gasteiger partial charge in [0.1, 0.15) is 16.8 Å². The summed E-state index contributed by atoms with van der Waals surface area (Å²) in [4.78, 5) is 4.70. The highest BCUT2D eigenvalue weighted by molar-refractivity contribution is 7.80. The molecule has 104 valence electrons. The van der Waals surface area contributed by atoms with Crippen molar-refractivity contribution in [2.75, 3.05) is 0 Å². The van der Waals surface area contributed by atoms with E-state index in [2.05, 4.69) is 4.98 Å². The van der Waals surface area contributed by atoms with Gasteiger partial charge in [0.25, 0.3) is 0 Å². The fourth-order valence-electron chi connectivity index (χ4n) is 2.17. The van der Waals surface area contributed by atoms with E-state index in [1.165, 1.54) is 0 Å². The second-order valence-corrected chi connectivity index (χ2v) is 5.20. The van der Waals surface area contributed by atoms with Gasteiger partial charge >= 0.3 is 0 Å². The molecule has 0 saturated carbocycles. The van der Waals surface area contributed by atoms with Gasteiger partial charge in [-0.2, -0.15) is 0 Å². The van der Waals surface area contributed by atoms with Gasteiger partial charge in [-0.1, -0.05) is 42.5 Å². The Morgan fingerprint density at radius 3 is 2.50 bits per heavy atom. The van der Waals surface area contributed by atoms with Gasteiger partial charge in [0, 0.05) is 11.8 Å². The zero-order valence-corrected chi connectivity index (χ0v) is 12.7. The number of ether oxygens (including phenoxy) is 1. The Bertz CT molecular complexity index is 626. The Balaban J connectivity index is 2.36. The van der Waals surface area contributed by atoms with E-state index in [1.807, 2.05) is 57.2 Å². The zero-order valence-electron chi connectivity index (χ0n) is 11.9. The molecule has 1 aromatic heterocycles. The third-order valence-corrected chi connectivity index (χ3v) is 3.32. The van der Waals surface area contributed by atoms with Crippen molar-refractivity contribution < 1.29 is 4.74 Å². The summed E-state index contributed by atoms with van der Waals surface area (Å²) >= 11 is 5.11. The molecule has 2 aromatic rings. The van der Waals surface area contributed by atoms with Crippen LogP contribution in [0.25, 0.3) is 0 Å². The van der Waals surface area contributed by atoms with Gasteiger partial charge in [0.15, 0.2) is 0 Å². The van der Waals surface area contributed by atoms with Crippen molar-refractivity contribution in [1.82, 2.24) is 4.98 Å². The lowest BCUT2D eigenvalue weighted by Crippen LogP contribution is -2.16. The van der Waals surface area contributed by atoms with E-state index >= 15 is 0 Å². The van der Waals surface area contributed by atoms with E-state index in [1.54, 1.807) is 0 Å².